The molecule has 0 radical (unpaired) electrons. The van der Waals surface area contributed by atoms with E-state index in [1.807, 2.05) is 36.4 Å². The summed E-state index contributed by atoms with van der Waals surface area (Å²) >= 11 is 0. The molecule has 0 amide bonds. The number of rotatable bonds is 5. The van der Waals surface area contributed by atoms with Gasteiger partial charge in [-0.25, -0.2) is 0 Å². The van der Waals surface area contributed by atoms with Crippen molar-refractivity contribution in [3.8, 4) is 17.6 Å². The van der Waals surface area contributed by atoms with Gasteiger partial charge in [0.2, 0.25) is 0 Å². The zero-order valence-electron chi connectivity index (χ0n) is 12.0. The van der Waals surface area contributed by atoms with Crippen molar-refractivity contribution in [3.05, 3.63) is 59.7 Å². The van der Waals surface area contributed by atoms with Crippen molar-refractivity contribution in [1.82, 2.24) is 0 Å². The number of hydrogen-bond acceptors (Lipinski definition) is 2. The van der Waals surface area contributed by atoms with E-state index in [0.29, 0.717) is 12.3 Å². The van der Waals surface area contributed by atoms with E-state index in [-0.39, 0.29) is 0 Å². The van der Waals surface area contributed by atoms with E-state index >= 15 is 0 Å². The third kappa shape index (κ3) is 3.61. The Kier molecular flexibility index (Phi) is 4.79. The molecule has 0 fully saturated rings. The summed E-state index contributed by atoms with van der Waals surface area (Å²) in [6.45, 7) is 4.26. The molecule has 2 heteroatoms. The normalized spacial score (nSPS) is 11.7. The molecule has 1 unspecified atom stereocenters. The minimum atomic E-state index is 0.403. The Morgan fingerprint density at radius 2 is 1.85 bits per heavy atom. The zero-order chi connectivity index (χ0) is 14.4. The Labute approximate surface area is 120 Å². The molecule has 0 heterocycles. The van der Waals surface area contributed by atoms with Crippen molar-refractivity contribution in [2.24, 2.45) is 0 Å². The molecule has 102 valence electrons. The van der Waals surface area contributed by atoms with Gasteiger partial charge in [0.15, 0.2) is 0 Å². The third-order valence-corrected chi connectivity index (χ3v) is 3.44. The van der Waals surface area contributed by atoms with E-state index in [0.717, 1.165) is 17.9 Å². The fourth-order valence-electron chi connectivity index (χ4n) is 2.33. The summed E-state index contributed by atoms with van der Waals surface area (Å²) in [5.74, 6) is 2.10. The highest BCUT2D eigenvalue weighted by molar-refractivity contribution is 5.39. The van der Waals surface area contributed by atoms with Gasteiger partial charge in [-0.05, 0) is 54.7 Å². The van der Waals surface area contributed by atoms with Crippen molar-refractivity contribution < 1.29 is 4.74 Å². The Bertz CT molecular complexity index is 599. The molecule has 2 aromatic carbocycles. The van der Waals surface area contributed by atoms with Gasteiger partial charge in [-0.15, -0.1) is 0 Å². The topological polar surface area (TPSA) is 33.0 Å². The maximum atomic E-state index is 8.67. The lowest BCUT2D eigenvalue weighted by atomic mass is 9.92. The van der Waals surface area contributed by atoms with Gasteiger partial charge in [0.05, 0.1) is 6.07 Å². The van der Waals surface area contributed by atoms with Crippen LogP contribution in [-0.4, -0.2) is 0 Å². The van der Waals surface area contributed by atoms with Gasteiger partial charge in [0.1, 0.15) is 11.5 Å². The fraction of sp³-hybridized carbons (Fsp3) is 0.278. The number of nitrogens with zero attached hydrogens (tertiary/aromatic N) is 1. The molecule has 0 aliphatic rings. The fourth-order valence-corrected chi connectivity index (χ4v) is 2.33. The number of benzene rings is 2. The Hall–Kier alpha value is -2.27. The summed E-state index contributed by atoms with van der Waals surface area (Å²) < 4.78 is 5.82. The van der Waals surface area contributed by atoms with Crippen LogP contribution in [0.15, 0.2) is 48.5 Å². The number of para-hydroxylation sites is 1. The van der Waals surface area contributed by atoms with Crippen LogP contribution < -0.4 is 4.74 Å². The van der Waals surface area contributed by atoms with Gasteiger partial charge in [-0.2, -0.15) is 5.26 Å². The van der Waals surface area contributed by atoms with Crippen LogP contribution >= 0.6 is 0 Å². The Morgan fingerprint density at radius 1 is 1.10 bits per heavy atom. The second-order valence-electron chi connectivity index (χ2n) is 5.03. The third-order valence-electron chi connectivity index (χ3n) is 3.44. The lowest BCUT2D eigenvalue weighted by molar-refractivity contribution is 0.481. The molecule has 0 aromatic heterocycles. The second kappa shape index (κ2) is 6.77. The maximum absolute atomic E-state index is 8.67. The maximum Gasteiger partial charge on any atom is 0.127 e. The molecule has 2 aromatic rings. The van der Waals surface area contributed by atoms with Crippen LogP contribution in [0, 0.1) is 18.3 Å². The van der Waals surface area contributed by atoms with E-state index in [1.165, 1.54) is 11.1 Å². The SMILES string of the molecule is Cc1cc(Oc2ccccc2)ccc1C(C)CCC#N. The molecule has 2 rings (SSSR count). The highest BCUT2D eigenvalue weighted by atomic mass is 16.5. The first-order chi connectivity index (χ1) is 9.70. The first-order valence-electron chi connectivity index (χ1n) is 6.91. The quantitative estimate of drug-likeness (QED) is 0.744. The van der Waals surface area contributed by atoms with Crippen LogP contribution in [0.4, 0.5) is 0 Å². The van der Waals surface area contributed by atoms with Crippen LogP contribution in [0.5, 0.6) is 11.5 Å². The molecule has 0 aliphatic heterocycles. The van der Waals surface area contributed by atoms with Gasteiger partial charge in [0.25, 0.3) is 0 Å². The van der Waals surface area contributed by atoms with E-state index in [9.17, 15) is 0 Å². The highest BCUT2D eigenvalue weighted by Gasteiger charge is 2.09. The first-order valence-corrected chi connectivity index (χ1v) is 6.91. The molecule has 0 spiro atoms. The predicted octanol–water partition coefficient (Wildman–Crippen LogP) is 5.19. The second-order valence-corrected chi connectivity index (χ2v) is 5.03. The molecule has 0 bridgehead atoms. The lowest BCUT2D eigenvalue weighted by Crippen LogP contribution is -1.97. The number of hydrogen-bond donors (Lipinski definition) is 0. The Balaban J connectivity index is 2.12. The zero-order valence-corrected chi connectivity index (χ0v) is 12.0. The summed E-state index contributed by atoms with van der Waals surface area (Å²) in [6.07, 6.45) is 1.50. The van der Waals surface area contributed by atoms with Gasteiger partial charge >= 0.3 is 0 Å². The summed E-state index contributed by atoms with van der Waals surface area (Å²) in [5.41, 5.74) is 2.50. The van der Waals surface area contributed by atoms with E-state index < -0.39 is 0 Å². The van der Waals surface area contributed by atoms with Crippen molar-refractivity contribution in [2.75, 3.05) is 0 Å². The van der Waals surface area contributed by atoms with Gasteiger partial charge in [0, 0.05) is 6.42 Å². The summed E-state index contributed by atoms with van der Waals surface area (Å²) in [4.78, 5) is 0. The largest absolute Gasteiger partial charge is 0.457 e. The van der Waals surface area contributed by atoms with Gasteiger partial charge in [-0.1, -0.05) is 31.2 Å². The predicted molar refractivity (Wildman–Crippen MR) is 81.0 cm³/mol. The average Bonchev–Trinajstić information content (AvgIpc) is 2.46. The van der Waals surface area contributed by atoms with E-state index in [1.54, 1.807) is 0 Å². The first kappa shape index (κ1) is 14.1. The van der Waals surface area contributed by atoms with E-state index in [4.69, 9.17) is 10.00 Å². The van der Waals surface area contributed by atoms with Gasteiger partial charge < -0.3 is 4.74 Å². The van der Waals surface area contributed by atoms with Crippen LogP contribution in [0.3, 0.4) is 0 Å². The summed E-state index contributed by atoms with van der Waals surface area (Å²) in [7, 11) is 0. The van der Waals surface area contributed by atoms with Crippen LogP contribution in [0.1, 0.15) is 36.8 Å². The van der Waals surface area contributed by atoms with Crippen molar-refractivity contribution in [3.63, 3.8) is 0 Å². The van der Waals surface area contributed by atoms with Crippen molar-refractivity contribution in [1.29, 1.82) is 5.26 Å². The molecule has 2 nitrogen and oxygen atoms in total. The molecule has 20 heavy (non-hydrogen) atoms. The number of nitriles is 1. The molecular weight excluding hydrogens is 246 g/mol. The lowest BCUT2D eigenvalue weighted by Gasteiger charge is -2.15. The molecule has 0 saturated carbocycles. The molecule has 0 N–H and O–H groups in total. The number of ether oxygens (including phenoxy) is 1. The molecular formula is C18H19NO. The highest BCUT2D eigenvalue weighted by Crippen LogP contribution is 2.29. The molecule has 1 atom stereocenters. The van der Waals surface area contributed by atoms with Crippen molar-refractivity contribution in [2.45, 2.75) is 32.6 Å². The van der Waals surface area contributed by atoms with Crippen LogP contribution in [0.25, 0.3) is 0 Å². The standard InChI is InChI=1S/C18H19NO/c1-14(7-6-12-19)18-11-10-17(13-15(18)2)20-16-8-4-3-5-9-16/h3-5,8-11,13-14H,6-7H2,1-2H3. The van der Waals surface area contributed by atoms with Crippen molar-refractivity contribution >= 4 is 0 Å². The minimum absolute atomic E-state index is 0.403. The summed E-state index contributed by atoms with van der Waals surface area (Å²) in [5, 5.41) is 8.67. The minimum Gasteiger partial charge on any atom is -0.457 e. The van der Waals surface area contributed by atoms with Crippen LogP contribution in [-0.2, 0) is 0 Å². The Morgan fingerprint density at radius 3 is 2.50 bits per heavy atom. The number of aryl methyl sites for hydroxylation is 1. The average molecular weight is 265 g/mol. The van der Waals surface area contributed by atoms with Gasteiger partial charge in [-0.3, -0.25) is 0 Å². The summed E-state index contributed by atoms with van der Waals surface area (Å²) in [6, 6.07) is 18.1. The smallest absolute Gasteiger partial charge is 0.127 e. The molecule has 0 aliphatic carbocycles. The van der Waals surface area contributed by atoms with E-state index in [2.05, 4.69) is 32.0 Å². The van der Waals surface area contributed by atoms with Crippen LogP contribution in [0.2, 0.25) is 0 Å². The monoisotopic (exact) mass is 265 g/mol. The molecule has 0 saturated heterocycles.